The zero-order chi connectivity index (χ0) is 23.9. The van der Waals surface area contributed by atoms with Crippen LogP contribution in [0, 0.1) is 5.92 Å². The molecule has 1 aromatic rings. The summed E-state index contributed by atoms with van der Waals surface area (Å²) in [6, 6.07) is 4.73. The molecule has 1 saturated heterocycles. The van der Waals surface area contributed by atoms with Crippen LogP contribution in [-0.2, 0) is 29.4 Å². The largest absolute Gasteiger partial charge is 0.379 e. The Kier molecular flexibility index (Phi) is 9.19. The highest BCUT2D eigenvalue weighted by Crippen LogP contribution is 2.18. The first kappa shape index (κ1) is 26.2. The van der Waals surface area contributed by atoms with Crippen molar-refractivity contribution in [2.75, 3.05) is 44.4 Å². The van der Waals surface area contributed by atoms with Crippen LogP contribution in [-0.4, -0.2) is 83.4 Å². The summed E-state index contributed by atoms with van der Waals surface area (Å²) in [5.74, 6) is -1.58. The lowest BCUT2D eigenvalue weighted by molar-refractivity contribution is -0.123. The van der Waals surface area contributed by atoms with Crippen LogP contribution in [0.15, 0.2) is 29.2 Å². The van der Waals surface area contributed by atoms with Crippen molar-refractivity contribution < 1.29 is 31.2 Å². The molecule has 2 amide bonds. The van der Waals surface area contributed by atoms with E-state index < -0.39 is 37.7 Å². The number of carbonyl (C=O) groups is 2. The zero-order valence-electron chi connectivity index (χ0n) is 18.5. The number of nitrogens with one attached hydrogen (secondary N) is 2. The number of nitrogens with zero attached hydrogens (tertiary/aromatic N) is 1. The number of morpholine rings is 1. The molecule has 0 radical (unpaired) electrons. The van der Waals surface area contributed by atoms with Crippen LogP contribution < -0.4 is 10.6 Å². The van der Waals surface area contributed by atoms with E-state index in [0.29, 0.717) is 13.2 Å². The standard InChI is InChI=1S/C20H31N3O7S2/c1-4-31(26,27)13-8-21-20(25)18(15(2)3)22-19(24)16-6-5-7-17(14-16)32(28,29)23-9-11-30-12-10-23/h5-7,14-15,18H,4,8-13H2,1-3H3,(H,21,25)(H,22,24). The Balaban J connectivity index is 2.10. The normalized spacial score (nSPS) is 16.5. The molecule has 0 aliphatic carbocycles. The SMILES string of the molecule is CCS(=O)(=O)CCNC(=O)C(NC(=O)c1cccc(S(=O)(=O)N2CCOCC2)c1)C(C)C. The van der Waals surface area contributed by atoms with Crippen LogP contribution in [0.2, 0.25) is 0 Å². The summed E-state index contributed by atoms with van der Waals surface area (Å²) in [5, 5.41) is 5.17. The molecule has 0 spiro atoms. The maximum Gasteiger partial charge on any atom is 0.251 e. The molecule has 0 saturated carbocycles. The van der Waals surface area contributed by atoms with Gasteiger partial charge >= 0.3 is 0 Å². The van der Waals surface area contributed by atoms with Gasteiger partial charge in [-0.2, -0.15) is 4.31 Å². The molecule has 1 aromatic carbocycles. The van der Waals surface area contributed by atoms with Crippen molar-refractivity contribution in [1.82, 2.24) is 14.9 Å². The van der Waals surface area contributed by atoms with Gasteiger partial charge in [0.25, 0.3) is 5.91 Å². The Morgan fingerprint density at radius 3 is 2.38 bits per heavy atom. The summed E-state index contributed by atoms with van der Waals surface area (Å²) in [5.41, 5.74) is 0.103. The van der Waals surface area contributed by atoms with Gasteiger partial charge in [0.1, 0.15) is 6.04 Å². The summed E-state index contributed by atoms with van der Waals surface area (Å²) < 4.78 is 55.4. The fraction of sp³-hybridized carbons (Fsp3) is 0.600. The molecule has 1 heterocycles. The molecule has 2 rings (SSSR count). The summed E-state index contributed by atoms with van der Waals surface area (Å²) >= 11 is 0. The Bertz CT molecular complexity index is 1020. The molecule has 1 unspecified atom stereocenters. The molecule has 1 aliphatic rings. The molecule has 1 aliphatic heterocycles. The number of carbonyl (C=O) groups excluding carboxylic acids is 2. The van der Waals surface area contributed by atoms with Crippen molar-refractivity contribution in [3.63, 3.8) is 0 Å². The van der Waals surface area contributed by atoms with E-state index in [-0.39, 0.29) is 47.5 Å². The Morgan fingerprint density at radius 1 is 1.12 bits per heavy atom. The first-order valence-electron chi connectivity index (χ1n) is 10.4. The summed E-state index contributed by atoms with van der Waals surface area (Å²) in [6.45, 7) is 6.06. The molecule has 12 heteroatoms. The number of amides is 2. The van der Waals surface area contributed by atoms with Crippen LogP contribution >= 0.6 is 0 Å². The second-order valence-corrected chi connectivity index (χ2v) is 12.2. The quantitative estimate of drug-likeness (QED) is 0.472. The highest BCUT2D eigenvalue weighted by molar-refractivity contribution is 7.91. The van der Waals surface area contributed by atoms with Crippen LogP contribution in [0.4, 0.5) is 0 Å². The van der Waals surface area contributed by atoms with Crippen molar-refractivity contribution in [3.05, 3.63) is 29.8 Å². The number of ether oxygens (including phenoxy) is 1. The number of hydrogen-bond acceptors (Lipinski definition) is 7. The van der Waals surface area contributed by atoms with Crippen LogP contribution in [0.25, 0.3) is 0 Å². The highest BCUT2D eigenvalue weighted by atomic mass is 32.2. The minimum Gasteiger partial charge on any atom is -0.379 e. The van der Waals surface area contributed by atoms with E-state index in [1.807, 2.05) is 0 Å². The number of sulfonamides is 1. The van der Waals surface area contributed by atoms with Gasteiger partial charge in [0.15, 0.2) is 9.84 Å². The Morgan fingerprint density at radius 2 is 1.78 bits per heavy atom. The lowest BCUT2D eigenvalue weighted by atomic mass is 10.0. The van der Waals surface area contributed by atoms with E-state index in [1.165, 1.54) is 35.5 Å². The number of sulfone groups is 1. The van der Waals surface area contributed by atoms with Gasteiger partial charge in [0.05, 0.1) is 23.9 Å². The van der Waals surface area contributed by atoms with Gasteiger partial charge in [-0.1, -0.05) is 26.8 Å². The summed E-state index contributed by atoms with van der Waals surface area (Å²) in [6.07, 6.45) is 0. The maximum absolute atomic E-state index is 12.9. The third-order valence-corrected chi connectivity index (χ3v) is 8.69. The van der Waals surface area contributed by atoms with Gasteiger partial charge in [-0.15, -0.1) is 0 Å². The van der Waals surface area contributed by atoms with E-state index >= 15 is 0 Å². The topological polar surface area (TPSA) is 139 Å². The van der Waals surface area contributed by atoms with Crippen molar-refractivity contribution in [3.8, 4) is 0 Å². The smallest absolute Gasteiger partial charge is 0.251 e. The average Bonchev–Trinajstić information content (AvgIpc) is 2.77. The van der Waals surface area contributed by atoms with Gasteiger partial charge < -0.3 is 15.4 Å². The fourth-order valence-electron chi connectivity index (χ4n) is 3.08. The van der Waals surface area contributed by atoms with Crippen molar-refractivity contribution >= 4 is 31.7 Å². The molecule has 2 N–H and O–H groups in total. The van der Waals surface area contributed by atoms with E-state index in [2.05, 4.69) is 10.6 Å². The lowest BCUT2D eigenvalue weighted by Crippen LogP contribution is -2.50. The minimum absolute atomic E-state index is 0.0117. The van der Waals surface area contributed by atoms with Crippen molar-refractivity contribution in [2.24, 2.45) is 5.92 Å². The maximum atomic E-state index is 12.9. The zero-order valence-corrected chi connectivity index (χ0v) is 20.2. The average molecular weight is 490 g/mol. The molecule has 0 bridgehead atoms. The van der Waals surface area contributed by atoms with E-state index in [4.69, 9.17) is 4.74 Å². The second kappa shape index (κ2) is 11.2. The molecular weight excluding hydrogens is 458 g/mol. The molecule has 1 fully saturated rings. The molecule has 32 heavy (non-hydrogen) atoms. The summed E-state index contributed by atoms with van der Waals surface area (Å²) in [4.78, 5) is 25.3. The monoisotopic (exact) mass is 489 g/mol. The number of hydrogen-bond donors (Lipinski definition) is 2. The molecule has 180 valence electrons. The number of rotatable bonds is 10. The summed E-state index contributed by atoms with van der Waals surface area (Å²) in [7, 11) is -7.00. The van der Waals surface area contributed by atoms with Gasteiger partial charge in [0.2, 0.25) is 15.9 Å². The van der Waals surface area contributed by atoms with Crippen molar-refractivity contribution in [2.45, 2.75) is 31.7 Å². The Labute approximate surface area is 189 Å². The number of benzene rings is 1. The molecule has 0 aromatic heterocycles. The van der Waals surface area contributed by atoms with Gasteiger partial charge in [0, 0.05) is 31.0 Å². The van der Waals surface area contributed by atoms with E-state index in [9.17, 15) is 26.4 Å². The predicted octanol–water partition coefficient (Wildman–Crippen LogP) is 0.0128. The minimum atomic E-state index is -3.77. The predicted molar refractivity (Wildman–Crippen MR) is 119 cm³/mol. The van der Waals surface area contributed by atoms with Gasteiger partial charge in [-0.3, -0.25) is 9.59 Å². The first-order chi connectivity index (χ1) is 15.0. The van der Waals surface area contributed by atoms with Gasteiger partial charge in [-0.05, 0) is 24.1 Å². The van der Waals surface area contributed by atoms with Crippen LogP contribution in [0.5, 0.6) is 0 Å². The third kappa shape index (κ3) is 6.99. The highest BCUT2D eigenvalue weighted by Gasteiger charge is 2.28. The van der Waals surface area contributed by atoms with Crippen LogP contribution in [0.3, 0.4) is 0 Å². The third-order valence-electron chi connectivity index (χ3n) is 5.09. The lowest BCUT2D eigenvalue weighted by Gasteiger charge is -2.26. The first-order valence-corrected chi connectivity index (χ1v) is 13.7. The van der Waals surface area contributed by atoms with Crippen molar-refractivity contribution in [1.29, 1.82) is 0 Å². The molecule has 1 atom stereocenters. The molecule has 10 nitrogen and oxygen atoms in total. The molecular formula is C20H31N3O7S2. The second-order valence-electron chi connectivity index (χ2n) is 7.77. The van der Waals surface area contributed by atoms with E-state index in [0.717, 1.165) is 0 Å². The van der Waals surface area contributed by atoms with Gasteiger partial charge in [-0.25, -0.2) is 16.8 Å². The fourth-order valence-corrected chi connectivity index (χ4v) is 5.23. The van der Waals surface area contributed by atoms with Crippen LogP contribution in [0.1, 0.15) is 31.1 Å². The van der Waals surface area contributed by atoms with E-state index in [1.54, 1.807) is 13.8 Å². The Hall–Kier alpha value is -2.02.